The first kappa shape index (κ1) is 9.35. The molecule has 0 radical (unpaired) electrons. The molecule has 0 rings (SSSR count). The maximum absolute atomic E-state index is 10.2. The van der Waals surface area contributed by atoms with Crippen LogP contribution in [-0.2, 0) is 14.4 Å². The van der Waals surface area contributed by atoms with Crippen LogP contribution in [-0.4, -0.2) is 27.9 Å². The molecule has 11 heavy (non-hydrogen) atoms. The zero-order valence-corrected chi connectivity index (χ0v) is 5.48. The molecule has 0 atom stereocenters. The zero-order valence-electron chi connectivity index (χ0n) is 5.48. The van der Waals surface area contributed by atoms with Crippen molar-refractivity contribution in [3.63, 3.8) is 0 Å². The number of hydrogen-bond donors (Lipinski definition) is 2. The van der Waals surface area contributed by atoms with E-state index in [2.05, 4.69) is 0 Å². The highest BCUT2D eigenvalue weighted by molar-refractivity contribution is 6.37. The lowest BCUT2D eigenvalue weighted by Crippen LogP contribution is -2.08. The maximum atomic E-state index is 10.2. The van der Waals surface area contributed by atoms with Crippen LogP contribution >= 0.6 is 0 Å². The molecule has 0 fully saturated rings. The van der Waals surface area contributed by atoms with Crippen LogP contribution in [0.4, 0.5) is 0 Å². The molecular weight excluding hydrogens is 152 g/mol. The van der Waals surface area contributed by atoms with Crippen LogP contribution in [0.2, 0.25) is 0 Å². The van der Waals surface area contributed by atoms with Gasteiger partial charge in [-0.2, -0.15) is 0 Å². The van der Waals surface area contributed by atoms with E-state index in [4.69, 9.17) is 10.2 Å². The number of rotatable bonds is 4. The number of carbonyl (C=O) groups excluding carboxylic acids is 1. The van der Waals surface area contributed by atoms with E-state index in [0.29, 0.717) is 0 Å². The summed E-state index contributed by atoms with van der Waals surface area (Å²) in [5, 5.41) is 16.1. The molecule has 0 heterocycles. The molecule has 0 aliphatic rings. The minimum Gasteiger partial charge on any atom is -0.481 e. The van der Waals surface area contributed by atoms with Gasteiger partial charge in [0.1, 0.15) is 0 Å². The average Bonchev–Trinajstić information content (AvgIpc) is 1.86. The minimum atomic E-state index is -1.59. The van der Waals surface area contributed by atoms with Gasteiger partial charge in [-0.05, 0) is 6.08 Å². The summed E-state index contributed by atoms with van der Waals surface area (Å²) < 4.78 is 0. The van der Waals surface area contributed by atoms with Crippen molar-refractivity contribution in [2.75, 3.05) is 0 Å². The first-order chi connectivity index (χ1) is 5.04. The molecule has 0 saturated heterocycles. The van der Waals surface area contributed by atoms with Gasteiger partial charge in [0.2, 0.25) is 0 Å². The Morgan fingerprint density at radius 2 is 1.73 bits per heavy atom. The SMILES string of the molecule is O=C(O)C/C=C/C(=O)C(=O)O. The lowest BCUT2D eigenvalue weighted by Gasteiger charge is -1.83. The van der Waals surface area contributed by atoms with Gasteiger partial charge in [0, 0.05) is 0 Å². The van der Waals surface area contributed by atoms with Crippen molar-refractivity contribution in [1.29, 1.82) is 0 Å². The summed E-state index contributed by atoms with van der Waals surface area (Å²) in [4.78, 5) is 29.9. The molecule has 5 nitrogen and oxygen atoms in total. The summed E-state index contributed by atoms with van der Waals surface area (Å²) in [6.45, 7) is 0. The highest BCUT2D eigenvalue weighted by Crippen LogP contribution is 1.83. The van der Waals surface area contributed by atoms with Crippen LogP contribution in [0.1, 0.15) is 6.42 Å². The van der Waals surface area contributed by atoms with Crippen molar-refractivity contribution in [2.24, 2.45) is 0 Å². The zero-order chi connectivity index (χ0) is 8.85. The number of carboxylic acid groups (broad SMARTS) is 2. The Morgan fingerprint density at radius 1 is 1.18 bits per heavy atom. The maximum Gasteiger partial charge on any atom is 0.376 e. The van der Waals surface area contributed by atoms with Crippen LogP contribution < -0.4 is 0 Å². The number of carboxylic acids is 2. The summed E-state index contributed by atoms with van der Waals surface area (Å²) in [5.74, 6) is -3.82. The highest BCUT2D eigenvalue weighted by atomic mass is 16.4. The highest BCUT2D eigenvalue weighted by Gasteiger charge is 2.05. The molecule has 0 aromatic rings. The van der Waals surface area contributed by atoms with Gasteiger partial charge in [-0.15, -0.1) is 0 Å². The van der Waals surface area contributed by atoms with E-state index in [9.17, 15) is 14.4 Å². The predicted octanol–water partition coefficient (Wildman–Crippen LogP) is -0.329. The monoisotopic (exact) mass is 158 g/mol. The standard InChI is InChI=1S/C6H6O5/c7-4(6(10)11)2-1-3-5(8)9/h1-2H,3H2,(H,8,9)(H,10,11)/b2-1+. The van der Waals surface area contributed by atoms with Crippen molar-refractivity contribution in [2.45, 2.75) is 6.42 Å². The molecule has 0 aliphatic heterocycles. The fraction of sp³-hybridized carbons (Fsp3) is 0.167. The van der Waals surface area contributed by atoms with E-state index in [-0.39, 0.29) is 6.42 Å². The molecule has 60 valence electrons. The molecule has 0 aromatic carbocycles. The van der Waals surface area contributed by atoms with Crippen LogP contribution in [0.3, 0.4) is 0 Å². The molecule has 0 bridgehead atoms. The van der Waals surface area contributed by atoms with Gasteiger partial charge in [0.05, 0.1) is 6.42 Å². The number of carbonyl (C=O) groups is 3. The van der Waals surface area contributed by atoms with Gasteiger partial charge in [-0.25, -0.2) is 4.79 Å². The van der Waals surface area contributed by atoms with Crippen molar-refractivity contribution in [3.8, 4) is 0 Å². The van der Waals surface area contributed by atoms with Crippen LogP contribution in [0, 0.1) is 0 Å². The smallest absolute Gasteiger partial charge is 0.376 e. The molecule has 5 heteroatoms. The van der Waals surface area contributed by atoms with E-state index in [0.717, 1.165) is 12.2 Å². The lowest BCUT2D eigenvalue weighted by molar-refractivity contribution is -0.146. The second-order valence-electron chi connectivity index (χ2n) is 1.67. The van der Waals surface area contributed by atoms with Crippen molar-refractivity contribution in [1.82, 2.24) is 0 Å². The Labute approximate surface area is 61.9 Å². The molecular formula is C6H6O5. The van der Waals surface area contributed by atoms with Gasteiger partial charge in [-0.1, -0.05) is 6.08 Å². The largest absolute Gasteiger partial charge is 0.481 e. The van der Waals surface area contributed by atoms with E-state index in [1.54, 1.807) is 0 Å². The van der Waals surface area contributed by atoms with E-state index in [1.807, 2.05) is 0 Å². The van der Waals surface area contributed by atoms with Gasteiger partial charge in [0.25, 0.3) is 5.78 Å². The molecule has 0 aliphatic carbocycles. The topological polar surface area (TPSA) is 91.7 Å². The second-order valence-corrected chi connectivity index (χ2v) is 1.67. The molecule has 0 unspecified atom stereocenters. The van der Waals surface area contributed by atoms with Gasteiger partial charge in [-0.3, -0.25) is 9.59 Å². The third kappa shape index (κ3) is 4.83. The molecule has 2 N–H and O–H groups in total. The van der Waals surface area contributed by atoms with E-state index < -0.39 is 17.7 Å². The van der Waals surface area contributed by atoms with Gasteiger partial charge in [0.15, 0.2) is 0 Å². The third-order valence-corrected chi connectivity index (χ3v) is 0.772. The Morgan fingerprint density at radius 3 is 2.09 bits per heavy atom. The quantitative estimate of drug-likeness (QED) is 0.431. The molecule has 0 aromatic heterocycles. The van der Waals surface area contributed by atoms with E-state index in [1.165, 1.54) is 0 Å². The number of ketones is 1. The van der Waals surface area contributed by atoms with Crippen molar-refractivity contribution < 1.29 is 24.6 Å². The van der Waals surface area contributed by atoms with Crippen LogP contribution in [0.15, 0.2) is 12.2 Å². The van der Waals surface area contributed by atoms with Gasteiger partial charge < -0.3 is 10.2 Å². The fourth-order valence-electron chi connectivity index (χ4n) is 0.338. The summed E-state index contributed by atoms with van der Waals surface area (Å²) in [7, 11) is 0. The number of aliphatic carboxylic acids is 2. The summed E-state index contributed by atoms with van der Waals surface area (Å²) in [6.07, 6.45) is 1.36. The number of hydrogen-bond acceptors (Lipinski definition) is 3. The Hall–Kier alpha value is -1.65. The first-order valence-electron chi connectivity index (χ1n) is 2.69. The Balaban J connectivity index is 3.84. The summed E-state index contributed by atoms with van der Waals surface area (Å²) in [6, 6.07) is 0. The lowest BCUT2D eigenvalue weighted by atomic mass is 10.3. The molecule has 0 spiro atoms. The summed E-state index contributed by atoms with van der Waals surface area (Å²) in [5.41, 5.74) is 0. The fourth-order valence-corrected chi connectivity index (χ4v) is 0.338. The van der Waals surface area contributed by atoms with Crippen LogP contribution in [0.25, 0.3) is 0 Å². The third-order valence-electron chi connectivity index (χ3n) is 0.772. The second kappa shape index (κ2) is 4.21. The first-order valence-corrected chi connectivity index (χ1v) is 2.69. The Bertz CT molecular complexity index is 215. The average molecular weight is 158 g/mol. The van der Waals surface area contributed by atoms with Crippen molar-refractivity contribution in [3.05, 3.63) is 12.2 Å². The predicted molar refractivity (Wildman–Crippen MR) is 34.0 cm³/mol. The van der Waals surface area contributed by atoms with Crippen LogP contribution in [0.5, 0.6) is 0 Å². The van der Waals surface area contributed by atoms with Crippen molar-refractivity contribution >= 4 is 17.7 Å². The summed E-state index contributed by atoms with van der Waals surface area (Å²) >= 11 is 0. The molecule has 0 amide bonds. The Kier molecular flexibility index (Phi) is 3.58. The van der Waals surface area contributed by atoms with E-state index >= 15 is 0 Å². The molecule has 0 saturated carbocycles. The normalized spacial score (nSPS) is 9.82. The van der Waals surface area contributed by atoms with Gasteiger partial charge >= 0.3 is 11.9 Å². The minimum absolute atomic E-state index is 0.348.